The van der Waals surface area contributed by atoms with E-state index in [1.54, 1.807) is 0 Å². The van der Waals surface area contributed by atoms with Crippen LogP contribution in [-0.4, -0.2) is 36.6 Å². The summed E-state index contributed by atoms with van der Waals surface area (Å²) < 4.78 is 11.4. The maximum atomic E-state index is 12.5. The molecular weight excluding hydrogens is 328 g/mol. The number of carbonyl (C=O) groups excluding carboxylic acids is 1. The molecule has 2 aromatic rings. The molecule has 1 aliphatic rings. The molecule has 0 bridgehead atoms. The summed E-state index contributed by atoms with van der Waals surface area (Å²) in [6.07, 6.45) is -0.625. The van der Waals surface area contributed by atoms with E-state index in [2.05, 4.69) is 36.2 Å². The number of benzene rings is 2. The standard InChI is InChI=1S/C21H26N2O3/c1-3-23(4-2)14-17-10-6-5-9-16(17)13-22-21(24)20-15-25-18-11-7-8-12-19(18)26-20/h5-12,20H,3-4,13-15H2,1-2H3,(H,22,24)/t20-/m0/s1. The molecular formula is C21H26N2O3. The summed E-state index contributed by atoms with van der Waals surface area (Å²) in [6, 6.07) is 15.6. The van der Waals surface area contributed by atoms with E-state index < -0.39 is 6.10 Å². The number of amides is 1. The number of para-hydroxylation sites is 2. The van der Waals surface area contributed by atoms with Crippen molar-refractivity contribution in [3.63, 3.8) is 0 Å². The quantitative estimate of drug-likeness (QED) is 0.830. The molecule has 1 N–H and O–H groups in total. The molecule has 26 heavy (non-hydrogen) atoms. The minimum atomic E-state index is -0.625. The molecule has 0 saturated carbocycles. The molecule has 0 aromatic heterocycles. The Bertz CT molecular complexity index is 744. The molecule has 1 atom stereocenters. The Hall–Kier alpha value is -2.53. The van der Waals surface area contributed by atoms with Crippen LogP contribution in [0.4, 0.5) is 0 Å². The normalized spacial score (nSPS) is 15.7. The average Bonchev–Trinajstić information content (AvgIpc) is 2.70. The van der Waals surface area contributed by atoms with Crippen molar-refractivity contribution in [1.82, 2.24) is 10.2 Å². The number of nitrogens with one attached hydrogen (secondary N) is 1. The first-order valence-electron chi connectivity index (χ1n) is 9.16. The molecule has 1 aliphatic heterocycles. The molecule has 1 amide bonds. The fraction of sp³-hybridized carbons (Fsp3) is 0.381. The fourth-order valence-electron chi connectivity index (χ4n) is 3.02. The highest BCUT2D eigenvalue weighted by molar-refractivity contribution is 5.81. The van der Waals surface area contributed by atoms with E-state index in [4.69, 9.17) is 9.47 Å². The van der Waals surface area contributed by atoms with Crippen LogP contribution >= 0.6 is 0 Å². The van der Waals surface area contributed by atoms with Gasteiger partial charge in [0.15, 0.2) is 11.5 Å². The number of ether oxygens (including phenoxy) is 2. The van der Waals surface area contributed by atoms with Crippen molar-refractivity contribution in [2.75, 3.05) is 19.7 Å². The Morgan fingerprint density at radius 3 is 2.42 bits per heavy atom. The second-order valence-corrected chi connectivity index (χ2v) is 6.31. The van der Waals surface area contributed by atoms with Crippen LogP contribution in [0.15, 0.2) is 48.5 Å². The average molecular weight is 354 g/mol. The Morgan fingerprint density at radius 2 is 1.69 bits per heavy atom. The number of hydrogen-bond donors (Lipinski definition) is 1. The molecule has 0 fully saturated rings. The van der Waals surface area contributed by atoms with Crippen LogP contribution in [0, 0.1) is 0 Å². The number of hydrogen-bond acceptors (Lipinski definition) is 4. The van der Waals surface area contributed by atoms with Gasteiger partial charge in [-0.25, -0.2) is 0 Å². The number of fused-ring (bicyclic) bond motifs is 1. The van der Waals surface area contributed by atoms with Gasteiger partial charge in [0.2, 0.25) is 6.10 Å². The largest absolute Gasteiger partial charge is 0.485 e. The fourth-order valence-corrected chi connectivity index (χ4v) is 3.02. The highest BCUT2D eigenvalue weighted by Crippen LogP contribution is 2.30. The zero-order valence-corrected chi connectivity index (χ0v) is 15.4. The second kappa shape index (κ2) is 8.72. The summed E-state index contributed by atoms with van der Waals surface area (Å²) in [5, 5.41) is 2.99. The monoisotopic (exact) mass is 354 g/mol. The summed E-state index contributed by atoms with van der Waals surface area (Å²) >= 11 is 0. The van der Waals surface area contributed by atoms with Gasteiger partial charge in [-0.3, -0.25) is 9.69 Å². The Kier molecular flexibility index (Phi) is 6.12. The minimum absolute atomic E-state index is 0.155. The predicted molar refractivity (Wildman–Crippen MR) is 101 cm³/mol. The van der Waals surface area contributed by atoms with Gasteiger partial charge in [-0.2, -0.15) is 0 Å². The zero-order valence-electron chi connectivity index (χ0n) is 15.4. The molecule has 5 heteroatoms. The smallest absolute Gasteiger partial charge is 0.264 e. The van der Waals surface area contributed by atoms with Crippen LogP contribution in [-0.2, 0) is 17.9 Å². The molecule has 138 valence electrons. The SMILES string of the molecule is CCN(CC)Cc1ccccc1CNC(=O)[C@@H]1COc2ccccc2O1. The zero-order chi connectivity index (χ0) is 18.4. The number of carbonyl (C=O) groups is 1. The highest BCUT2D eigenvalue weighted by atomic mass is 16.6. The van der Waals surface area contributed by atoms with Gasteiger partial charge in [-0.1, -0.05) is 50.2 Å². The van der Waals surface area contributed by atoms with Crippen LogP contribution < -0.4 is 14.8 Å². The Balaban J connectivity index is 1.60. The minimum Gasteiger partial charge on any atom is -0.485 e. The lowest BCUT2D eigenvalue weighted by Gasteiger charge is -2.26. The van der Waals surface area contributed by atoms with E-state index in [9.17, 15) is 4.79 Å². The summed E-state index contributed by atoms with van der Waals surface area (Å²) in [5.74, 6) is 1.14. The van der Waals surface area contributed by atoms with Crippen molar-refractivity contribution in [3.8, 4) is 11.5 Å². The van der Waals surface area contributed by atoms with Crippen molar-refractivity contribution in [2.45, 2.75) is 33.0 Å². The molecule has 2 aromatic carbocycles. The van der Waals surface area contributed by atoms with E-state index in [0.29, 0.717) is 18.0 Å². The molecule has 0 spiro atoms. The third-order valence-electron chi connectivity index (χ3n) is 4.66. The third kappa shape index (κ3) is 4.35. The molecule has 5 nitrogen and oxygen atoms in total. The molecule has 0 radical (unpaired) electrons. The first kappa shape index (κ1) is 18.3. The van der Waals surface area contributed by atoms with Crippen LogP contribution in [0.2, 0.25) is 0 Å². The van der Waals surface area contributed by atoms with E-state index >= 15 is 0 Å². The van der Waals surface area contributed by atoms with Crippen molar-refractivity contribution in [2.24, 2.45) is 0 Å². The van der Waals surface area contributed by atoms with E-state index in [0.717, 1.165) is 25.2 Å². The van der Waals surface area contributed by atoms with Gasteiger partial charge in [-0.05, 0) is 36.3 Å². The molecule has 0 unspecified atom stereocenters. The molecule has 0 aliphatic carbocycles. The van der Waals surface area contributed by atoms with Crippen molar-refractivity contribution >= 4 is 5.91 Å². The van der Waals surface area contributed by atoms with Crippen molar-refractivity contribution in [1.29, 1.82) is 0 Å². The van der Waals surface area contributed by atoms with Crippen LogP contribution in [0.3, 0.4) is 0 Å². The Labute approximate surface area is 154 Å². The lowest BCUT2D eigenvalue weighted by atomic mass is 10.1. The summed E-state index contributed by atoms with van der Waals surface area (Å²) in [7, 11) is 0. The van der Waals surface area contributed by atoms with Gasteiger partial charge >= 0.3 is 0 Å². The van der Waals surface area contributed by atoms with Crippen molar-refractivity contribution < 1.29 is 14.3 Å². The van der Waals surface area contributed by atoms with E-state index in [1.165, 1.54) is 5.56 Å². The van der Waals surface area contributed by atoms with E-state index in [1.807, 2.05) is 36.4 Å². The van der Waals surface area contributed by atoms with Crippen LogP contribution in [0.25, 0.3) is 0 Å². The van der Waals surface area contributed by atoms with E-state index in [-0.39, 0.29) is 12.5 Å². The number of rotatable bonds is 7. The van der Waals surface area contributed by atoms with Crippen molar-refractivity contribution in [3.05, 3.63) is 59.7 Å². The lowest BCUT2D eigenvalue weighted by molar-refractivity contribution is -0.130. The van der Waals surface area contributed by atoms with Gasteiger partial charge in [0.25, 0.3) is 5.91 Å². The van der Waals surface area contributed by atoms with Gasteiger partial charge in [-0.15, -0.1) is 0 Å². The second-order valence-electron chi connectivity index (χ2n) is 6.31. The summed E-state index contributed by atoms with van der Waals surface area (Å²) in [6.45, 7) is 7.92. The molecule has 1 heterocycles. The predicted octanol–water partition coefficient (Wildman–Crippen LogP) is 2.98. The first-order chi connectivity index (χ1) is 12.7. The maximum Gasteiger partial charge on any atom is 0.264 e. The van der Waals surface area contributed by atoms with Crippen LogP contribution in [0.1, 0.15) is 25.0 Å². The van der Waals surface area contributed by atoms with Gasteiger partial charge in [0, 0.05) is 13.1 Å². The maximum absolute atomic E-state index is 12.5. The highest BCUT2D eigenvalue weighted by Gasteiger charge is 2.27. The lowest BCUT2D eigenvalue weighted by Crippen LogP contribution is -2.43. The van der Waals surface area contributed by atoms with Gasteiger partial charge in [0.1, 0.15) is 6.61 Å². The van der Waals surface area contributed by atoms with Crippen LogP contribution in [0.5, 0.6) is 11.5 Å². The molecule has 0 saturated heterocycles. The number of nitrogens with zero attached hydrogens (tertiary/aromatic N) is 1. The summed E-state index contributed by atoms with van der Waals surface area (Å²) in [5.41, 5.74) is 2.37. The third-order valence-corrected chi connectivity index (χ3v) is 4.66. The topological polar surface area (TPSA) is 50.8 Å². The first-order valence-corrected chi connectivity index (χ1v) is 9.16. The Morgan fingerprint density at radius 1 is 1.04 bits per heavy atom. The van der Waals surface area contributed by atoms with Gasteiger partial charge < -0.3 is 14.8 Å². The summed E-state index contributed by atoms with van der Waals surface area (Å²) in [4.78, 5) is 14.9. The molecule has 3 rings (SSSR count). The van der Waals surface area contributed by atoms with Gasteiger partial charge in [0.05, 0.1) is 0 Å².